The zero-order valence-corrected chi connectivity index (χ0v) is 9.45. The van der Waals surface area contributed by atoms with Crippen LogP contribution in [0.1, 0.15) is 12.8 Å². The molecular formula is C8H12ClN5O2. The molecule has 1 aromatic rings. The minimum atomic E-state index is -0.827. The fraction of sp³-hybridized carbons (Fsp3) is 0.500. The van der Waals surface area contributed by atoms with E-state index in [1.807, 2.05) is 0 Å². The van der Waals surface area contributed by atoms with E-state index < -0.39 is 5.97 Å². The summed E-state index contributed by atoms with van der Waals surface area (Å²) in [5.41, 5.74) is 0. The first-order valence-corrected chi connectivity index (χ1v) is 5.04. The van der Waals surface area contributed by atoms with Crippen LogP contribution in [-0.4, -0.2) is 39.6 Å². The van der Waals surface area contributed by atoms with Crippen molar-refractivity contribution in [2.45, 2.75) is 12.8 Å². The van der Waals surface area contributed by atoms with Crippen LogP contribution in [0.4, 0.5) is 11.9 Å². The van der Waals surface area contributed by atoms with Crippen LogP contribution in [0.3, 0.4) is 0 Å². The fourth-order valence-electron chi connectivity index (χ4n) is 0.981. The molecule has 0 saturated heterocycles. The number of aromatic nitrogens is 3. The summed E-state index contributed by atoms with van der Waals surface area (Å²) in [5.74, 6) is -0.137. The lowest BCUT2D eigenvalue weighted by Gasteiger charge is -2.05. The molecule has 3 N–H and O–H groups in total. The molecule has 0 amide bonds. The first-order valence-electron chi connectivity index (χ1n) is 4.67. The molecule has 0 unspecified atom stereocenters. The van der Waals surface area contributed by atoms with Gasteiger partial charge in [-0.3, -0.25) is 4.79 Å². The third-order valence-electron chi connectivity index (χ3n) is 1.68. The van der Waals surface area contributed by atoms with Crippen molar-refractivity contribution in [3.8, 4) is 0 Å². The van der Waals surface area contributed by atoms with Gasteiger partial charge < -0.3 is 15.7 Å². The highest BCUT2D eigenvalue weighted by Gasteiger charge is 2.03. The summed E-state index contributed by atoms with van der Waals surface area (Å²) in [5, 5.41) is 14.1. The number of anilines is 2. The number of carboxylic acid groups (broad SMARTS) is 1. The van der Waals surface area contributed by atoms with Gasteiger partial charge in [-0.2, -0.15) is 15.0 Å². The Morgan fingerprint density at radius 3 is 2.69 bits per heavy atom. The van der Waals surface area contributed by atoms with E-state index in [9.17, 15) is 4.79 Å². The molecule has 7 nitrogen and oxygen atoms in total. The van der Waals surface area contributed by atoms with E-state index >= 15 is 0 Å². The molecule has 0 aliphatic heterocycles. The van der Waals surface area contributed by atoms with E-state index in [-0.39, 0.29) is 11.7 Å². The Hall–Kier alpha value is -1.63. The smallest absolute Gasteiger partial charge is 0.303 e. The van der Waals surface area contributed by atoms with E-state index in [1.54, 1.807) is 7.05 Å². The molecule has 8 heteroatoms. The maximum Gasteiger partial charge on any atom is 0.303 e. The normalized spacial score (nSPS) is 9.88. The van der Waals surface area contributed by atoms with Crippen molar-refractivity contribution >= 4 is 29.5 Å². The fourth-order valence-corrected chi connectivity index (χ4v) is 1.14. The first-order chi connectivity index (χ1) is 7.61. The highest BCUT2D eigenvalue weighted by molar-refractivity contribution is 6.28. The Kier molecular flexibility index (Phi) is 4.71. The number of rotatable bonds is 6. The molecule has 0 aromatic carbocycles. The standard InChI is InChI=1S/C8H12ClN5O2/c1-10-7-12-6(9)13-8(14-7)11-4-2-3-5(15)16/h2-4H2,1H3,(H,15,16)(H2,10,11,12,13,14). The third kappa shape index (κ3) is 4.26. The number of hydrogen-bond donors (Lipinski definition) is 3. The predicted molar refractivity (Wildman–Crippen MR) is 59.7 cm³/mol. The summed E-state index contributed by atoms with van der Waals surface area (Å²) >= 11 is 5.66. The van der Waals surface area contributed by atoms with Gasteiger partial charge in [0.1, 0.15) is 0 Å². The van der Waals surface area contributed by atoms with E-state index in [0.717, 1.165) is 0 Å². The van der Waals surface area contributed by atoms with Crippen LogP contribution in [0.25, 0.3) is 0 Å². The Morgan fingerprint density at radius 1 is 1.38 bits per heavy atom. The largest absolute Gasteiger partial charge is 0.481 e. The summed E-state index contributed by atoms with van der Waals surface area (Å²) in [6, 6.07) is 0. The SMILES string of the molecule is CNc1nc(Cl)nc(NCCCC(=O)O)n1. The number of carboxylic acids is 1. The predicted octanol–water partition coefficient (Wildman–Crippen LogP) is 0.843. The lowest BCUT2D eigenvalue weighted by molar-refractivity contribution is -0.137. The molecule has 0 atom stereocenters. The molecule has 0 aliphatic rings. The Balaban J connectivity index is 2.47. The number of nitrogens with zero attached hydrogens (tertiary/aromatic N) is 3. The van der Waals surface area contributed by atoms with Gasteiger partial charge in [0, 0.05) is 20.0 Å². The van der Waals surface area contributed by atoms with Gasteiger partial charge in [0.2, 0.25) is 17.2 Å². The van der Waals surface area contributed by atoms with Gasteiger partial charge in [0.05, 0.1) is 0 Å². The molecule has 1 aromatic heterocycles. The molecule has 1 heterocycles. The van der Waals surface area contributed by atoms with Crippen LogP contribution >= 0.6 is 11.6 Å². The third-order valence-corrected chi connectivity index (χ3v) is 1.85. The van der Waals surface area contributed by atoms with Crippen LogP contribution in [-0.2, 0) is 4.79 Å². The van der Waals surface area contributed by atoms with Gasteiger partial charge in [-0.1, -0.05) is 0 Å². The minimum Gasteiger partial charge on any atom is -0.481 e. The van der Waals surface area contributed by atoms with Gasteiger partial charge in [0.25, 0.3) is 0 Å². The van der Waals surface area contributed by atoms with Gasteiger partial charge in [-0.05, 0) is 18.0 Å². The van der Waals surface area contributed by atoms with Gasteiger partial charge in [-0.15, -0.1) is 0 Å². The summed E-state index contributed by atoms with van der Waals surface area (Å²) in [6.07, 6.45) is 0.595. The quantitative estimate of drug-likeness (QED) is 0.639. The molecule has 16 heavy (non-hydrogen) atoms. The van der Waals surface area contributed by atoms with Crippen LogP contribution in [0.5, 0.6) is 0 Å². The second kappa shape index (κ2) is 6.06. The average Bonchev–Trinajstić information content (AvgIpc) is 2.23. The number of hydrogen-bond acceptors (Lipinski definition) is 6. The van der Waals surface area contributed by atoms with Gasteiger partial charge in [0.15, 0.2) is 0 Å². The monoisotopic (exact) mass is 245 g/mol. The van der Waals surface area contributed by atoms with Crippen molar-refractivity contribution in [1.82, 2.24) is 15.0 Å². The van der Waals surface area contributed by atoms with Crippen LogP contribution in [0.15, 0.2) is 0 Å². The molecule has 0 spiro atoms. The number of nitrogens with one attached hydrogen (secondary N) is 2. The highest BCUT2D eigenvalue weighted by Crippen LogP contribution is 2.08. The Bertz CT molecular complexity index is 373. The van der Waals surface area contributed by atoms with Crippen LogP contribution in [0, 0.1) is 0 Å². The zero-order chi connectivity index (χ0) is 12.0. The highest BCUT2D eigenvalue weighted by atomic mass is 35.5. The van der Waals surface area contributed by atoms with Gasteiger partial charge in [-0.25, -0.2) is 0 Å². The molecule has 0 saturated carbocycles. The average molecular weight is 246 g/mol. The lowest BCUT2D eigenvalue weighted by Crippen LogP contribution is -2.09. The minimum absolute atomic E-state index is 0.0834. The number of halogens is 1. The molecule has 88 valence electrons. The van der Waals surface area contributed by atoms with Gasteiger partial charge >= 0.3 is 5.97 Å². The molecule has 0 bridgehead atoms. The van der Waals surface area contributed by atoms with Crippen molar-refractivity contribution in [3.63, 3.8) is 0 Å². The second-order valence-electron chi connectivity index (χ2n) is 2.93. The molecule has 0 fully saturated rings. The van der Waals surface area contributed by atoms with Crippen molar-refractivity contribution in [1.29, 1.82) is 0 Å². The van der Waals surface area contributed by atoms with Crippen molar-refractivity contribution in [2.75, 3.05) is 24.2 Å². The van der Waals surface area contributed by atoms with E-state index in [2.05, 4.69) is 25.6 Å². The number of aliphatic carboxylic acids is 1. The summed E-state index contributed by atoms with van der Waals surface area (Å²) < 4.78 is 0. The van der Waals surface area contributed by atoms with E-state index in [4.69, 9.17) is 16.7 Å². The maximum atomic E-state index is 10.3. The maximum absolute atomic E-state index is 10.3. The molecule has 1 rings (SSSR count). The molecular weight excluding hydrogens is 234 g/mol. The second-order valence-corrected chi connectivity index (χ2v) is 3.26. The van der Waals surface area contributed by atoms with E-state index in [0.29, 0.717) is 24.9 Å². The van der Waals surface area contributed by atoms with Crippen LogP contribution < -0.4 is 10.6 Å². The van der Waals surface area contributed by atoms with Crippen molar-refractivity contribution in [3.05, 3.63) is 5.28 Å². The summed E-state index contributed by atoms with van der Waals surface area (Å²) in [7, 11) is 1.67. The molecule has 0 aliphatic carbocycles. The molecule has 0 radical (unpaired) electrons. The first kappa shape index (κ1) is 12.4. The Labute approximate surface area is 97.3 Å². The van der Waals surface area contributed by atoms with Crippen molar-refractivity contribution in [2.24, 2.45) is 0 Å². The topological polar surface area (TPSA) is 100 Å². The van der Waals surface area contributed by atoms with Crippen molar-refractivity contribution < 1.29 is 9.90 Å². The summed E-state index contributed by atoms with van der Waals surface area (Å²) in [4.78, 5) is 21.9. The Morgan fingerprint density at radius 2 is 2.06 bits per heavy atom. The van der Waals surface area contributed by atoms with E-state index in [1.165, 1.54) is 0 Å². The van der Waals surface area contributed by atoms with Crippen LogP contribution in [0.2, 0.25) is 5.28 Å². The zero-order valence-electron chi connectivity index (χ0n) is 8.70. The lowest BCUT2D eigenvalue weighted by atomic mass is 10.3. The summed E-state index contributed by atoms with van der Waals surface area (Å²) in [6.45, 7) is 0.468. The number of carbonyl (C=O) groups is 1.